The van der Waals surface area contributed by atoms with Crippen LogP contribution in [0.4, 0.5) is 28.4 Å². The topological polar surface area (TPSA) is 16.9 Å². The molecule has 9 aromatic carbocycles. The van der Waals surface area contributed by atoms with Gasteiger partial charge in [-0.05, 0) is 98.4 Å². The highest BCUT2D eigenvalue weighted by Crippen LogP contribution is 2.58. The minimum Gasteiger partial charge on any atom is -0.318 e. The Kier molecular flexibility index (Phi) is 8.45. The minimum absolute atomic E-state index is 0.564. The molecule has 2 heterocycles. The molecule has 4 heteroatoms. The maximum Gasteiger partial charge on any atom is 0.211 e. The lowest BCUT2D eigenvalue weighted by Gasteiger charge is -2.46. The summed E-state index contributed by atoms with van der Waals surface area (Å²) in [5, 5.41) is 2.04. The fourth-order valence-electron chi connectivity index (χ4n) is 9.69. The number of hydrogen-bond donors (Lipinski definition) is 0. The van der Waals surface area contributed by atoms with E-state index in [9.17, 15) is 0 Å². The van der Waals surface area contributed by atoms with Crippen molar-refractivity contribution < 1.29 is 0 Å². The molecule has 0 radical (unpaired) electrons. The van der Waals surface area contributed by atoms with Gasteiger partial charge >= 0.3 is 0 Å². The summed E-state index contributed by atoms with van der Waals surface area (Å²) in [6.07, 6.45) is 0. The summed E-state index contributed by atoms with van der Waals surface area (Å²) in [4.78, 5) is 10.2. The van der Waals surface area contributed by atoms with Gasteiger partial charge in [0, 0.05) is 11.1 Å². The monoisotopic (exact) mass is 776 g/mol. The van der Waals surface area contributed by atoms with Gasteiger partial charge < -0.3 is 9.47 Å². The molecule has 11 rings (SSSR count). The minimum atomic E-state index is -0.609. The van der Waals surface area contributed by atoms with E-state index < -0.39 is 5.41 Å². The summed E-state index contributed by atoms with van der Waals surface area (Å²) in [5.41, 5.74) is 15.7. The molecule has 10 aromatic rings. The predicted molar refractivity (Wildman–Crippen MR) is 251 cm³/mol. The molecular weight excluding hydrogens is 741 g/mol. The van der Waals surface area contributed by atoms with Gasteiger partial charge in [0.1, 0.15) is 0 Å². The summed E-state index contributed by atoms with van der Waals surface area (Å²) < 4.78 is 2.20. The molecule has 1 aliphatic heterocycles. The fourth-order valence-corrected chi connectivity index (χ4v) is 9.69. The van der Waals surface area contributed by atoms with E-state index in [0.29, 0.717) is 11.4 Å². The van der Waals surface area contributed by atoms with E-state index >= 15 is 0 Å². The Bertz CT molecular complexity index is 3330. The van der Waals surface area contributed by atoms with Gasteiger partial charge in [0.05, 0.1) is 46.7 Å². The van der Waals surface area contributed by atoms with Gasteiger partial charge in [-0.1, -0.05) is 170 Å². The SMILES string of the molecule is [C-]#[N+]c1ccc2c(c1)c1ccccc1n2-c1c([N+]#[C-])cccc1-c1ccc(-c2ccc3c(c2)C(c2ccccc2)(c2ccccc2)c2ccccc2N3c2ccccc2)cc1. The number of para-hydroxylation sites is 4. The summed E-state index contributed by atoms with van der Waals surface area (Å²) >= 11 is 0. The maximum atomic E-state index is 8.29. The molecule has 0 N–H and O–H groups in total. The zero-order chi connectivity index (χ0) is 40.9. The zero-order valence-electron chi connectivity index (χ0n) is 33.1. The predicted octanol–water partition coefficient (Wildman–Crippen LogP) is 15.4. The van der Waals surface area contributed by atoms with Crippen LogP contribution < -0.4 is 4.90 Å². The average Bonchev–Trinajstić information content (AvgIpc) is 3.66. The number of aromatic nitrogens is 1. The van der Waals surface area contributed by atoms with Gasteiger partial charge in [0.15, 0.2) is 5.69 Å². The Labute approximate surface area is 355 Å². The normalized spacial score (nSPS) is 12.7. The number of fused-ring (bicyclic) bond motifs is 5. The molecule has 0 saturated carbocycles. The van der Waals surface area contributed by atoms with Gasteiger partial charge in [-0.2, -0.15) is 0 Å². The first-order valence-electron chi connectivity index (χ1n) is 20.4. The van der Waals surface area contributed by atoms with Crippen molar-refractivity contribution in [1.29, 1.82) is 0 Å². The van der Waals surface area contributed by atoms with Gasteiger partial charge in [-0.3, -0.25) is 0 Å². The summed E-state index contributed by atoms with van der Waals surface area (Å²) in [6.45, 7) is 16.0. The molecule has 284 valence electrons. The van der Waals surface area contributed by atoms with E-state index in [1.165, 1.54) is 22.3 Å². The van der Waals surface area contributed by atoms with Crippen LogP contribution in [-0.4, -0.2) is 4.57 Å². The second kappa shape index (κ2) is 14.4. The highest BCUT2D eigenvalue weighted by molar-refractivity contribution is 6.11. The van der Waals surface area contributed by atoms with Crippen LogP contribution in [0.15, 0.2) is 218 Å². The third kappa shape index (κ3) is 5.51. The molecular formula is C57H36N4. The van der Waals surface area contributed by atoms with Crippen LogP contribution >= 0.6 is 0 Å². The van der Waals surface area contributed by atoms with Crippen molar-refractivity contribution in [2.75, 3.05) is 4.90 Å². The van der Waals surface area contributed by atoms with Crippen molar-refractivity contribution in [2.24, 2.45) is 0 Å². The van der Waals surface area contributed by atoms with Crippen molar-refractivity contribution in [3.63, 3.8) is 0 Å². The Morgan fingerprint density at radius 3 is 1.74 bits per heavy atom. The van der Waals surface area contributed by atoms with Crippen LogP contribution in [0.1, 0.15) is 22.3 Å². The molecule has 1 aliphatic rings. The molecule has 61 heavy (non-hydrogen) atoms. The van der Waals surface area contributed by atoms with E-state index in [4.69, 9.17) is 13.1 Å². The van der Waals surface area contributed by atoms with Crippen LogP contribution in [0.5, 0.6) is 0 Å². The molecule has 0 spiro atoms. The second-order valence-electron chi connectivity index (χ2n) is 15.4. The Morgan fingerprint density at radius 1 is 0.410 bits per heavy atom. The van der Waals surface area contributed by atoms with Crippen molar-refractivity contribution in [1.82, 2.24) is 4.57 Å². The molecule has 0 amide bonds. The highest BCUT2D eigenvalue weighted by atomic mass is 15.2. The summed E-state index contributed by atoms with van der Waals surface area (Å²) in [6, 6.07) is 77.1. The van der Waals surface area contributed by atoms with Crippen LogP contribution in [0.3, 0.4) is 0 Å². The fraction of sp³-hybridized carbons (Fsp3) is 0.0175. The van der Waals surface area contributed by atoms with Crippen molar-refractivity contribution in [3.8, 4) is 27.9 Å². The van der Waals surface area contributed by atoms with E-state index in [0.717, 1.165) is 66.8 Å². The van der Waals surface area contributed by atoms with Crippen LogP contribution in [0, 0.1) is 13.1 Å². The van der Waals surface area contributed by atoms with Crippen molar-refractivity contribution in [2.45, 2.75) is 5.41 Å². The second-order valence-corrected chi connectivity index (χ2v) is 15.4. The zero-order valence-corrected chi connectivity index (χ0v) is 33.1. The van der Waals surface area contributed by atoms with Crippen molar-refractivity contribution in [3.05, 3.63) is 263 Å². The van der Waals surface area contributed by atoms with E-state index in [-0.39, 0.29) is 0 Å². The smallest absolute Gasteiger partial charge is 0.211 e. The number of rotatable bonds is 6. The summed E-state index contributed by atoms with van der Waals surface area (Å²) in [5.74, 6) is 0. The standard InChI is InChI=1S/C57H36N4/c1-58-44-34-36-53-48(38-44)47-23-12-14-27-52(47)61(53)56-46(24-16-26-51(56)59-2)40-31-29-39(30-32-40)41-33-35-55-50(37-41)57(42-17-6-3-7-18-42,43-19-8-4-9-20-43)49-25-13-15-28-54(49)60(55)45-21-10-5-11-22-45/h3-38H. The highest BCUT2D eigenvalue weighted by Gasteiger charge is 2.46. The molecule has 1 aromatic heterocycles. The first-order chi connectivity index (χ1) is 30.2. The molecule has 0 atom stereocenters. The summed E-state index contributed by atoms with van der Waals surface area (Å²) in [7, 11) is 0. The van der Waals surface area contributed by atoms with Gasteiger partial charge in [-0.25, -0.2) is 9.69 Å². The first kappa shape index (κ1) is 35.7. The largest absolute Gasteiger partial charge is 0.318 e. The molecule has 0 fully saturated rings. The Hall–Kier alpha value is -8.44. The molecule has 0 saturated heterocycles. The van der Waals surface area contributed by atoms with Crippen LogP contribution in [0.2, 0.25) is 0 Å². The molecule has 0 aliphatic carbocycles. The lowest BCUT2D eigenvalue weighted by atomic mass is 9.62. The average molecular weight is 777 g/mol. The van der Waals surface area contributed by atoms with Gasteiger partial charge in [0.2, 0.25) is 5.69 Å². The van der Waals surface area contributed by atoms with E-state index in [2.05, 4.69) is 195 Å². The Balaban J connectivity index is 1.11. The lowest BCUT2D eigenvalue weighted by Crippen LogP contribution is -2.37. The van der Waals surface area contributed by atoms with E-state index in [1.54, 1.807) is 0 Å². The third-order valence-electron chi connectivity index (χ3n) is 12.3. The first-order valence-corrected chi connectivity index (χ1v) is 20.4. The quantitative estimate of drug-likeness (QED) is 0.154. The van der Waals surface area contributed by atoms with Crippen molar-refractivity contribution >= 4 is 50.2 Å². The van der Waals surface area contributed by atoms with Gasteiger partial charge in [-0.15, -0.1) is 0 Å². The molecule has 4 nitrogen and oxygen atoms in total. The number of nitrogens with zero attached hydrogens (tertiary/aromatic N) is 4. The third-order valence-corrected chi connectivity index (χ3v) is 12.3. The van der Waals surface area contributed by atoms with Gasteiger partial charge in [0.25, 0.3) is 0 Å². The maximum absolute atomic E-state index is 8.29. The molecule has 0 bridgehead atoms. The number of anilines is 3. The number of benzene rings is 9. The van der Waals surface area contributed by atoms with E-state index in [1.807, 2.05) is 42.5 Å². The lowest BCUT2D eigenvalue weighted by molar-refractivity contribution is 0.731. The number of hydrogen-bond acceptors (Lipinski definition) is 1. The van der Waals surface area contributed by atoms with Crippen LogP contribution in [-0.2, 0) is 5.41 Å². The molecule has 0 unspecified atom stereocenters. The Morgan fingerprint density at radius 2 is 1.02 bits per heavy atom. The van der Waals surface area contributed by atoms with Crippen LogP contribution in [0.25, 0.3) is 59.4 Å².